The van der Waals surface area contributed by atoms with Gasteiger partial charge in [0, 0.05) is 11.1 Å². The topological polar surface area (TPSA) is 56.9 Å². The van der Waals surface area contributed by atoms with Crippen molar-refractivity contribution in [2.75, 3.05) is 10.6 Å². The van der Waals surface area contributed by atoms with Crippen molar-refractivity contribution in [3.8, 4) is 0 Å². The fourth-order valence-electron chi connectivity index (χ4n) is 3.64. The predicted octanol–water partition coefficient (Wildman–Crippen LogP) is 6.22. The molecule has 0 radical (unpaired) electrons. The Bertz CT molecular complexity index is 1200. The lowest BCUT2D eigenvalue weighted by Crippen LogP contribution is -2.23. The Morgan fingerprint density at radius 1 is 0.833 bits per heavy atom. The average molecular weight is 401 g/mol. The van der Waals surface area contributed by atoms with Gasteiger partial charge in [-0.1, -0.05) is 62.4 Å². The van der Waals surface area contributed by atoms with Crippen LogP contribution in [0.25, 0.3) is 10.9 Å². The molecule has 152 valence electrons. The number of hydrogen-bond donors (Lipinski definition) is 3. The molecule has 1 aromatic heterocycles. The maximum Gasteiger partial charge on any atom is 0.273 e. The number of hydrogen-bond acceptors (Lipinski definition) is 3. The van der Waals surface area contributed by atoms with Crippen LogP contribution in [0.2, 0.25) is 0 Å². The lowest BCUT2D eigenvalue weighted by Gasteiger charge is -2.26. The van der Waals surface area contributed by atoms with Gasteiger partial charge in [-0.2, -0.15) is 0 Å². The Kier molecular flexibility index (Phi) is 5.53. The zero-order valence-corrected chi connectivity index (χ0v) is 16.9. The van der Waals surface area contributed by atoms with Crippen LogP contribution < -0.4 is 16.2 Å². The largest absolute Gasteiger partial charge is 0.372 e. The molecule has 5 heteroatoms. The lowest BCUT2D eigenvalue weighted by molar-refractivity contribution is 0.544. The molecule has 0 fully saturated rings. The summed E-state index contributed by atoms with van der Waals surface area (Å²) < 4.78 is 13.4. The van der Waals surface area contributed by atoms with Crippen LogP contribution in [0.15, 0.2) is 83.7 Å². The van der Waals surface area contributed by atoms with Gasteiger partial charge in [-0.15, -0.1) is 0 Å². The molecule has 4 aromatic rings. The summed E-state index contributed by atoms with van der Waals surface area (Å²) in [6, 6.07) is 23.7. The highest BCUT2D eigenvalue weighted by molar-refractivity contribution is 5.99. The van der Waals surface area contributed by atoms with Gasteiger partial charge >= 0.3 is 0 Å². The molecule has 0 bridgehead atoms. The summed E-state index contributed by atoms with van der Waals surface area (Å²) in [6.07, 6.45) is 0. The van der Waals surface area contributed by atoms with Gasteiger partial charge in [-0.25, -0.2) is 4.39 Å². The first-order chi connectivity index (χ1) is 14.5. The number of benzene rings is 3. The van der Waals surface area contributed by atoms with Crippen molar-refractivity contribution in [3.05, 3.63) is 101 Å². The van der Waals surface area contributed by atoms with Gasteiger partial charge in [0.05, 0.1) is 17.2 Å². The number of nitrogens with one attached hydrogen (secondary N) is 3. The van der Waals surface area contributed by atoms with E-state index in [9.17, 15) is 9.18 Å². The van der Waals surface area contributed by atoms with E-state index in [2.05, 4.69) is 29.5 Å². The van der Waals surface area contributed by atoms with Gasteiger partial charge in [0.2, 0.25) is 0 Å². The summed E-state index contributed by atoms with van der Waals surface area (Å²) >= 11 is 0. The average Bonchev–Trinajstić information content (AvgIpc) is 2.75. The standard InChI is InChI=1S/C25H24FN3O/c1-16(2)22(17-12-14-18(26)15-13-17)29-24-23(27-19-8-4-3-5-9-19)20-10-6-7-11-21(20)28-25(24)30/h3-16,22,29H,1-2H3,(H2,27,28,30)/t22-/m1/s1. The van der Waals surface area contributed by atoms with Gasteiger partial charge < -0.3 is 15.6 Å². The van der Waals surface area contributed by atoms with Crippen LogP contribution in [0.4, 0.5) is 21.5 Å². The van der Waals surface area contributed by atoms with Crippen LogP contribution in [0.5, 0.6) is 0 Å². The van der Waals surface area contributed by atoms with Crippen LogP contribution >= 0.6 is 0 Å². The summed E-state index contributed by atoms with van der Waals surface area (Å²) in [5.41, 5.74) is 3.53. The quantitative estimate of drug-likeness (QED) is 0.359. The molecule has 0 spiro atoms. The zero-order chi connectivity index (χ0) is 21.1. The maximum atomic E-state index is 13.4. The minimum absolute atomic E-state index is 0.163. The normalized spacial score (nSPS) is 12.1. The number of pyridine rings is 1. The van der Waals surface area contributed by atoms with Crippen LogP contribution in [0.3, 0.4) is 0 Å². The van der Waals surface area contributed by atoms with E-state index in [1.54, 1.807) is 12.1 Å². The molecular formula is C25H24FN3O. The summed E-state index contributed by atoms with van der Waals surface area (Å²) in [4.78, 5) is 16.0. The van der Waals surface area contributed by atoms with Crippen molar-refractivity contribution in [2.45, 2.75) is 19.9 Å². The van der Waals surface area contributed by atoms with Crippen LogP contribution in [-0.4, -0.2) is 4.98 Å². The highest BCUT2D eigenvalue weighted by atomic mass is 19.1. The highest BCUT2D eigenvalue weighted by Gasteiger charge is 2.21. The van der Waals surface area contributed by atoms with E-state index >= 15 is 0 Å². The molecule has 0 aliphatic heterocycles. The van der Waals surface area contributed by atoms with Crippen molar-refractivity contribution in [2.24, 2.45) is 5.92 Å². The van der Waals surface area contributed by atoms with Gasteiger partial charge in [0.25, 0.3) is 5.56 Å². The summed E-state index contributed by atoms with van der Waals surface area (Å²) in [7, 11) is 0. The highest BCUT2D eigenvalue weighted by Crippen LogP contribution is 2.34. The molecule has 3 N–H and O–H groups in total. The summed E-state index contributed by atoms with van der Waals surface area (Å²) in [5, 5.41) is 7.76. The first-order valence-electron chi connectivity index (χ1n) is 10.0. The first kappa shape index (κ1) is 19.7. The molecule has 3 aromatic carbocycles. The Morgan fingerprint density at radius 3 is 2.20 bits per heavy atom. The molecule has 1 heterocycles. The molecule has 30 heavy (non-hydrogen) atoms. The Morgan fingerprint density at radius 2 is 1.50 bits per heavy atom. The number of H-pyrrole nitrogens is 1. The number of rotatable bonds is 6. The Labute approximate surface area is 174 Å². The van der Waals surface area contributed by atoms with Gasteiger partial charge in [0.15, 0.2) is 0 Å². The van der Waals surface area contributed by atoms with E-state index in [0.29, 0.717) is 11.4 Å². The third-order valence-corrected chi connectivity index (χ3v) is 5.16. The van der Waals surface area contributed by atoms with Gasteiger partial charge in [-0.05, 0) is 41.8 Å². The lowest BCUT2D eigenvalue weighted by atomic mass is 9.95. The minimum Gasteiger partial charge on any atom is -0.372 e. The predicted molar refractivity (Wildman–Crippen MR) is 122 cm³/mol. The van der Waals surface area contributed by atoms with Crippen LogP contribution in [0, 0.1) is 11.7 Å². The van der Waals surface area contributed by atoms with Crippen molar-refractivity contribution < 1.29 is 4.39 Å². The number of aromatic nitrogens is 1. The van der Waals surface area contributed by atoms with Crippen molar-refractivity contribution >= 4 is 28.0 Å². The van der Waals surface area contributed by atoms with E-state index in [1.807, 2.05) is 54.6 Å². The molecule has 1 atom stereocenters. The minimum atomic E-state index is -0.281. The SMILES string of the molecule is CC(C)[C@@H](Nc1c(Nc2ccccc2)c2ccccc2[nH]c1=O)c1ccc(F)cc1. The van der Waals surface area contributed by atoms with E-state index in [4.69, 9.17) is 0 Å². The number of anilines is 3. The molecule has 4 rings (SSSR count). The van der Waals surface area contributed by atoms with Gasteiger partial charge in [0.1, 0.15) is 11.5 Å². The Balaban J connectivity index is 1.84. The van der Waals surface area contributed by atoms with Crippen molar-refractivity contribution in [3.63, 3.8) is 0 Å². The smallest absolute Gasteiger partial charge is 0.273 e. The molecule has 4 nitrogen and oxygen atoms in total. The molecular weight excluding hydrogens is 377 g/mol. The number of halogens is 1. The van der Waals surface area contributed by atoms with E-state index in [-0.39, 0.29) is 23.3 Å². The number of aromatic amines is 1. The van der Waals surface area contributed by atoms with Crippen molar-refractivity contribution in [1.82, 2.24) is 4.98 Å². The number of fused-ring (bicyclic) bond motifs is 1. The second-order valence-electron chi connectivity index (χ2n) is 7.66. The molecule has 0 aliphatic carbocycles. The Hall–Kier alpha value is -3.60. The van der Waals surface area contributed by atoms with E-state index in [0.717, 1.165) is 22.2 Å². The van der Waals surface area contributed by atoms with Crippen LogP contribution in [-0.2, 0) is 0 Å². The fourth-order valence-corrected chi connectivity index (χ4v) is 3.64. The number of para-hydroxylation sites is 2. The van der Waals surface area contributed by atoms with Crippen LogP contribution in [0.1, 0.15) is 25.5 Å². The fraction of sp³-hybridized carbons (Fsp3) is 0.160. The maximum absolute atomic E-state index is 13.4. The molecule has 0 amide bonds. The third-order valence-electron chi connectivity index (χ3n) is 5.16. The second kappa shape index (κ2) is 8.41. The zero-order valence-electron chi connectivity index (χ0n) is 16.9. The monoisotopic (exact) mass is 401 g/mol. The molecule has 0 aliphatic rings. The van der Waals surface area contributed by atoms with Gasteiger partial charge in [-0.3, -0.25) is 4.79 Å². The van der Waals surface area contributed by atoms with E-state index in [1.165, 1.54) is 12.1 Å². The van der Waals surface area contributed by atoms with Crippen molar-refractivity contribution in [1.29, 1.82) is 0 Å². The third kappa shape index (κ3) is 4.06. The van der Waals surface area contributed by atoms with E-state index < -0.39 is 0 Å². The molecule has 0 saturated heterocycles. The first-order valence-corrected chi connectivity index (χ1v) is 10.0. The molecule has 0 unspecified atom stereocenters. The second-order valence-corrected chi connectivity index (χ2v) is 7.66. The summed E-state index contributed by atoms with van der Waals surface area (Å²) in [5.74, 6) is -0.109. The molecule has 0 saturated carbocycles. The summed E-state index contributed by atoms with van der Waals surface area (Å²) in [6.45, 7) is 4.14.